The molecule has 116 valence electrons. The lowest BCUT2D eigenvalue weighted by Crippen LogP contribution is -2.20. The molecule has 0 atom stereocenters. The molecule has 0 unspecified atom stereocenters. The first-order valence-corrected chi connectivity index (χ1v) is 7.05. The molecule has 0 aliphatic rings. The second-order valence-electron chi connectivity index (χ2n) is 5.44. The van der Waals surface area contributed by atoms with Gasteiger partial charge in [0, 0.05) is 16.6 Å². The smallest absolute Gasteiger partial charge is 0.416 e. The molecule has 0 saturated carbocycles. The van der Waals surface area contributed by atoms with Crippen LogP contribution in [0.1, 0.15) is 11.3 Å². The Morgan fingerprint density at radius 3 is 2.35 bits per heavy atom. The number of fused-ring (bicyclic) bond motifs is 1. The number of hydrogen-bond acceptors (Lipinski definition) is 2. The van der Waals surface area contributed by atoms with Crippen molar-refractivity contribution in [1.82, 2.24) is 4.57 Å². The van der Waals surface area contributed by atoms with E-state index in [-0.39, 0.29) is 11.0 Å². The molecule has 2 aromatic carbocycles. The Morgan fingerprint density at radius 1 is 1.09 bits per heavy atom. The summed E-state index contributed by atoms with van der Waals surface area (Å²) in [4.78, 5) is 24.5. The second kappa shape index (κ2) is 5.35. The SMILES string of the molecule is Cc1ccc2c(c1)c(=O)c(-c1ccc(F)cc1)c(C)n2C(=O)O. The van der Waals surface area contributed by atoms with Crippen LogP contribution in [-0.2, 0) is 0 Å². The fourth-order valence-electron chi connectivity index (χ4n) is 2.82. The van der Waals surface area contributed by atoms with Gasteiger partial charge in [-0.1, -0.05) is 23.8 Å². The van der Waals surface area contributed by atoms with Gasteiger partial charge in [-0.15, -0.1) is 0 Å². The van der Waals surface area contributed by atoms with E-state index in [1.165, 1.54) is 24.3 Å². The molecule has 0 aliphatic carbocycles. The molecule has 0 bridgehead atoms. The average Bonchev–Trinajstić information content (AvgIpc) is 2.50. The van der Waals surface area contributed by atoms with Crippen LogP contribution in [0.3, 0.4) is 0 Å². The summed E-state index contributed by atoms with van der Waals surface area (Å²) in [7, 11) is 0. The highest BCUT2D eigenvalue weighted by molar-refractivity contribution is 5.92. The van der Waals surface area contributed by atoms with Crippen molar-refractivity contribution in [2.24, 2.45) is 0 Å². The molecular weight excluding hydrogens is 297 g/mol. The van der Waals surface area contributed by atoms with Crippen molar-refractivity contribution < 1.29 is 14.3 Å². The third-order valence-electron chi connectivity index (χ3n) is 3.89. The largest absolute Gasteiger partial charge is 0.464 e. The molecule has 0 radical (unpaired) electrons. The predicted octanol–water partition coefficient (Wildman–Crippen LogP) is 3.95. The highest BCUT2D eigenvalue weighted by Crippen LogP contribution is 2.25. The van der Waals surface area contributed by atoms with Crippen LogP contribution in [-0.4, -0.2) is 15.8 Å². The van der Waals surface area contributed by atoms with Crippen LogP contribution in [0.25, 0.3) is 22.0 Å². The number of carbonyl (C=O) groups is 1. The van der Waals surface area contributed by atoms with E-state index in [1.807, 2.05) is 6.92 Å². The zero-order valence-electron chi connectivity index (χ0n) is 12.6. The summed E-state index contributed by atoms with van der Waals surface area (Å²) in [6.07, 6.45) is -1.17. The van der Waals surface area contributed by atoms with E-state index in [2.05, 4.69) is 0 Å². The van der Waals surface area contributed by atoms with Crippen LogP contribution >= 0.6 is 0 Å². The number of halogens is 1. The van der Waals surface area contributed by atoms with Gasteiger partial charge in [0.1, 0.15) is 5.82 Å². The van der Waals surface area contributed by atoms with Crippen LogP contribution in [0.4, 0.5) is 9.18 Å². The molecule has 1 heterocycles. The van der Waals surface area contributed by atoms with E-state index in [0.29, 0.717) is 22.2 Å². The Kier molecular flexibility index (Phi) is 3.48. The predicted molar refractivity (Wildman–Crippen MR) is 86.5 cm³/mol. The van der Waals surface area contributed by atoms with Crippen molar-refractivity contribution in [2.45, 2.75) is 13.8 Å². The van der Waals surface area contributed by atoms with Gasteiger partial charge in [0.15, 0.2) is 5.43 Å². The van der Waals surface area contributed by atoms with Crippen LogP contribution < -0.4 is 5.43 Å². The number of nitrogens with zero attached hydrogens (tertiary/aromatic N) is 1. The van der Waals surface area contributed by atoms with Gasteiger partial charge in [-0.3, -0.25) is 4.79 Å². The Balaban J connectivity index is 2.49. The van der Waals surface area contributed by atoms with Crippen molar-refractivity contribution in [3.05, 3.63) is 69.8 Å². The Labute approximate surface area is 131 Å². The normalized spacial score (nSPS) is 10.9. The fraction of sp³-hybridized carbons (Fsp3) is 0.111. The number of hydrogen-bond donors (Lipinski definition) is 1. The van der Waals surface area contributed by atoms with Crippen LogP contribution in [0.5, 0.6) is 0 Å². The summed E-state index contributed by atoms with van der Waals surface area (Å²) in [6.45, 7) is 3.41. The maximum Gasteiger partial charge on any atom is 0.416 e. The topological polar surface area (TPSA) is 59.3 Å². The number of aromatic nitrogens is 1. The molecule has 0 spiro atoms. The first kappa shape index (κ1) is 15.0. The summed E-state index contributed by atoms with van der Waals surface area (Å²) in [5.74, 6) is -0.415. The minimum absolute atomic E-state index is 0.259. The monoisotopic (exact) mass is 311 g/mol. The van der Waals surface area contributed by atoms with E-state index < -0.39 is 11.9 Å². The number of pyridine rings is 1. The van der Waals surface area contributed by atoms with Gasteiger partial charge in [-0.25, -0.2) is 13.8 Å². The first-order chi connectivity index (χ1) is 10.9. The Bertz CT molecular complexity index is 988. The first-order valence-electron chi connectivity index (χ1n) is 7.05. The molecule has 0 fully saturated rings. The van der Waals surface area contributed by atoms with Gasteiger partial charge in [-0.2, -0.15) is 0 Å². The van der Waals surface area contributed by atoms with E-state index in [1.54, 1.807) is 25.1 Å². The minimum Gasteiger partial charge on any atom is -0.464 e. The Hall–Kier alpha value is -2.95. The van der Waals surface area contributed by atoms with Crippen molar-refractivity contribution in [1.29, 1.82) is 0 Å². The number of rotatable bonds is 1. The molecule has 4 nitrogen and oxygen atoms in total. The van der Waals surface area contributed by atoms with Gasteiger partial charge in [0.2, 0.25) is 0 Å². The maximum atomic E-state index is 13.1. The molecule has 0 aliphatic heterocycles. The van der Waals surface area contributed by atoms with Crippen molar-refractivity contribution >= 4 is 17.0 Å². The number of benzene rings is 2. The van der Waals surface area contributed by atoms with Crippen molar-refractivity contribution in [3.63, 3.8) is 0 Å². The quantitative estimate of drug-likeness (QED) is 0.740. The molecule has 1 N–H and O–H groups in total. The van der Waals surface area contributed by atoms with Crippen LogP contribution in [0.15, 0.2) is 47.3 Å². The highest BCUT2D eigenvalue weighted by Gasteiger charge is 2.19. The molecule has 0 saturated heterocycles. The van der Waals surface area contributed by atoms with Gasteiger partial charge < -0.3 is 5.11 Å². The lowest BCUT2D eigenvalue weighted by molar-refractivity contribution is 0.197. The van der Waals surface area contributed by atoms with Crippen molar-refractivity contribution in [2.75, 3.05) is 0 Å². The molecule has 3 aromatic rings. The third kappa shape index (κ3) is 2.40. The third-order valence-corrected chi connectivity index (χ3v) is 3.89. The van der Waals surface area contributed by atoms with E-state index in [9.17, 15) is 19.1 Å². The number of carboxylic acid groups (broad SMARTS) is 1. The van der Waals surface area contributed by atoms with Crippen LogP contribution in [0, 0.1) is 19.7 Å². The lowest BCUT2D eigenvalue weighted by Gasteiger charge is -2.15. The van der Waals surface area contributed by atoms with Crippen molar-refractivity contribution in [3.8, 4) is 11.1 Å². The van der Waals surface area contributed by atoms with Gasteiger partial charge >= 0.3 is 6.09 Å². The molecular formula is C18H14FNO3. The lowest BCUT2D eigenvalue weighted by atomic mass is 10.00. The fourth-order valence-corrected chi connectivity index (χ4v) is 2.82. The molecule has 0 amide bonds. The van der Waals surface area contributed by atoms with E-state index in [0.717, 1.165) is 10.1 Å². The summed E-state index contributed by atoms with van der Waals surface area (Å²) in [6, 6.07) is 10.5. The van der Waals surface area contributed by atoms with Gasteiger partial charge in [-0.05, 0) is 43.7 Å². The van der Waals surface area contributed by atoms with Gasteiger partial charge in [0.25, 0.3) is 0 Å². The number of aryl methyl sites for hydroxylation is 1. The van der Waals surface area contributed by atoms with E-state index >= 15 is 0 Å². The maximum absolute atomic E-state index is 13.1. The van der Waals surface area contributed by atoms with Gasteiger partial charge in [0.05, 0.1) is 5.52 Å². The summed E-state index contributed by atoms with van der Waals surface area (Å²) in [5, 5.41) is 9.87. The molecule has 1 aromatic heterocycles. The molecule has 3 rings (SSSR count). The zero-order chi connectivity index (χ0) is 16.7. The van der Waals surface area contributed by atoms with Crippen LogP contribution in [0.2, 0.25) is 0 Å². The zero-order valence-corrected chi connectivity index (χ0v) is 12.6. The average molecular weight is 311 g/mol. The molecule has 23 heavy (non-hydrogen) atoms. The summed E-state index contributed by atoms with van der Waals surface area (Å²) < 4.78 is 14.2. The standard InChI is InChI=1S/C18H14FNO3/c1-10-3-8-15-14(9-10)17(21)16(11(2)20(15)18(22)23)12-4-6-13(19)7-5-12/h3-9H,1-2H3,(H,22,23). The molecule has 5 heteroatoms. The second-order valence-corrected chi connectivity index (χ2v) is 5.44. The van der Waals surface area contributed by atoms with E-state index in [4.69, 9.17) is 0 Å². The summed E-state index contributed by atoms with van der Waals surface area (Å²) in [5.41, 5.74) is 2.02. The highest BCUT2D eigenvalue weighted by atomic mass is 19.1. The Morgan fingerprint density at radius 2 is 1.74 bits per heavy atom. The summed E-state index contributed by atoms with van der Waals surface area (Å²) >= 11 is 0. The minimum atomic E-state index is -1.17.